The molecule has 3 N–H and O–H groups in total. The predicted molar refractivity (Wildman–Crippen MR) is 74.2 cm³/mol. The summed E-state index contributed by atoms with van der Waals surface area (Å²) in [6.45, 7) is 1.04. The SMILES string of the molecule is C[C@H](O/C(=N\c1ccccc1)C(F)(F)F)[C@H](O)[C@@H](O)[C@@H](O)C=O. The van der Waals surface area contributed by atoms with Crippen LogP contribution in [0.1, 0.15) is 6.92 Å². The highest BCUT2D eigenvalue weighted by Crippen LogP contribution is 2.24. The van der Waals surface area contributed by atoms with Crippen molar-refractivity contribution in [2.75, 3.05) is 0 Å². The number of hydrogen-bond acceptors (Lipinski definition) is 6. The van der Waals surface area contributed by atoms with Gasteiger partial charge in [-0.25, -0.2) is 4.99 Å². The number of rotatable bonds is 6. The summed E-state index contributed by atoms with van der Waals surface area (Å²) in [5.41, 5.74) is -0.0185. The molecule has 9 heteroatoms. The van der Waals surface area contributed by atoms with Gasteiger partial charge in [-0.3, -0.25) is 0 Å². The van der Waals surface area contributed by atoms with Crippen LogP contribution in [0.4, 0.5) is 18.9 Å². The Bertz CT molecular complexity index is 535. The fourth-order valence-corrected chi connectivity index (χ4v) is 1.58. The van der Waals surface area contributed by atoms with Gasteiger partial charge < -0.3 is 24.9 Å². The zero-order valence-corrected chi connectivity index (χ0v) is 12.0. The molecular weight excluding hydrogens is 319 g/mol. The van der Waals surface area contributed by atoms with Crippen LogP contribution in [0.25, 0.3) is 0 Å². The monoisotopic (exact) mass is 335 g/mol. The molecule has 0 fully saturated rings. The number of para-hydroxylation sites is 1. The second-order valence-electron chi connectivity index (χ2n) is 4.68. The third-order valence-electron chi connectivity index (χ3n) is 2.85. The Labute approximate surface area is 129 Å². The fourth-order valence-electron chi connectivity index (χ4n) is 1.58. The van der Waals surface area contributed by atoms with E-state index in [2.05, 4.69) is 9.73 Å². The number of nitrogens with zero attached hydrogens (tertiary/aromatic N) is 1. The molecule has 0 amide bonds. The number of aliphatic imine (C=N–C) groups is 1. The second-order valence-corrected chi connectivity index (χ2v) is 4.68. The first kappa shape index (κ1) is 19.1. The summed E-state index contributed by atoms with van der Waals surface area (Å²) < 4.78 is 43.4. The van der Waals surface area contributed by atoms with Crippen LogP contribution in [-0.4, -0.2) is 58.1 Å². The molecular formula is C14H16F3NO5. The van der Waals surface area contributed by atoms with Gasteiger partial charge in [0.2, 0.25) is 0 Å². The molecule has 4 atom stereocenters. The molecule has 0 saturated heterocycles. The minimum absolute atomic E-state index is 0.0185. The van der Waals surface area contributed by atoms with Crippen LogP contribution >= 0.6 is 0 Å². The van der Waals surface area contributed by atoms with Gasteiger partial charge >= 0.3 is 6.18 Å². The number of aliphatic hydroxyl groups is 3. The average Bonchev–Trinajstić information content (AvgIpc) is 2.52. The van der Waals surface area contributed by atoms with Gasteiger partial charge in [-0.05, 0) is 19.1 Å². The molecule has 1 aromatic rings. The third kappa shape index (κ3) is 5.62. The van der Waals surface area contributed by atoms with E-state index in [9.17, 15) is 28.2 Å². The molecule has 0 radical (unpaired) electrons. The van der Waals surface area contributed by atoms with Crippen molar-refractivity contribution in [2.45, 2.75) is 37.5 Å². The Morgan fingerprint density at radius 2 is 1.74 bits per heavy atom. The van der Waals surface area contributed by atoms with E-state index in [4.69, 9.17) is 5.11 Å². The number of ether oxygens (including phenoxy) is 1. The lowest BCUT2D eigenvalue weighted by Gasteiger charge is -2.26. The lowest BCUT2D eigenvalue weighted by atomic mass is 10.0. The van der Waals surface area contributed by atoms with Crippen molar-refractivity contribution in [2.24, 2.45) is 4.99 Å². The van der Waals surface area contributed by atoms with Crippen LogP contribution in [0.5, 0.6) is 0 Å². The molecule has 0 heterocycles. The summed E-state index contributed by atoms with van der Waals surface area (Å²) in [6, 6.07) is 7.20. The first-order valence-electron chi connectivity index (χ1n) is 6.54. The summed E-state index contributed by atoms with van der Waals surface area (Å²) in [6.07, 6.45) is -12.4. The highest BCUT2D eigenvalue weighted by atomic mass is 19.4. The number of carbonyl (C=O) groups is 1. The first-order chi connectivity index (χ1) is 10.7. The smallest absolute Gasteiger partial charge is 0.468 e. The van der Waals surface area contributed by atoms with Crippen LogP contribution in [0.15, 0.2) is 35.3 Å². The van der Waals surface area contributed by atoms with Crippen molar-refractivity contribution >= 4 is 17.9 Å². The van der Waals surface area contributed by atoms with E-state index in [0.29, 0.717) is 0 Å². The maximum atomic E-state index is 12.9. The standard InChI is InChI=1S/C14H16F3NO5/c1-8(11(21)12(22)10(20)7-19)23-13(14(15,16)17)18-9-5-3-2-4-6-9/h2-8,10-12,20-22H,1H3/b18-13-/t8-,10-,11-,12-/m0/s1. The number of aldehydes is 1. The van der Waals surface area contributed by atoms with E-state index in [-0.39, 0.29) is 12.0 Å². The maximum absolute atomic E-state index is 12.9. The minimum Gasteiger partial charge on any atom is -0.468 e. The Hall–Kier alpha value is -1.97. The van der Waals surface area contributed by atoms with Gasteiger partial charge in [0.25, 0.3) is 5.90 Å². The molecule has 0 aliphatic carbocycles. The van der Waals surface area contributed by atoms with Crippen LogP contribution in [0, 0.1) is 0 Å². The van der Waals surface area contributed by atoms with Crippen molar-refractivity contribution in [3.63, 3.8) is 0 Å². The summed E-state index contributed by atoms with van der Waals surface area (Å²) in [5, 5.41) is 28.2. The van der Waals surface area contributed by atoms with Gasteiger partial charge in [0.1, 0.15) is 24.4 Å². The molecule has 6 nitrogen and oxygen atoms in total. The fraction of sp³-hybridized carbons (Fsp3) is 0.429. The summed E-state index contributed by atoms with van der Waals surface area (Å²) in [5.74, 6) is -1.62. The van der Waals surface area contributed by atoms with Crippen LogP contribution < -0.4 is 0 Å². The molecule has 0 aliphatic rings. The molecule has 0 saturated carbocycles. The van der Waals surface area contributed by atoms with E-state index < -0.39 is 36.5 Å². The summed E-state index contributed by atoms with van der Waals surface area (Å²) >= 11 is 0. The van der Waals surface area contributed by atoms with Gasteiger partial charge in [0, 0.05) is 0 Å². The highest BCUT2D eigenvalue weighted by Gasteiger charge is 2.41. The topological polar surface area (TPSA) is 99.3 Å². The predicted octanol–water partition coefficient (Wildman–Crippen LogP) is 0.966. The average molecular weight is 335 g/mol. The van der Waals surface area contributed by atoms with Crippen molar-refractivity contribution < 1.29 is 38.0 Å². The molecule has 23 heavy (non-hydrogen) atoms. The van der Waals surface area contributed by atoms with Gasteiger partial charge in [-0.2, -0.15) is 13.2 Å². The lowest BCUT2D eigenvalue weighted by molar-refractivity contribution is -0.135. The van der Waals surface area contributed by atoms with Crippen molar-refractivity contribution in [3.8, 4) is 0 Å². The normalized spacial score (nSPS) is 18.0. The third-order valence-corrected chi connectivity index (χ3v) is 2.85. The van der Waals surface area contributed by atoms with E-state index in [1.807, 2.05) is 0 Å². The van der Waals surface area contributed by atoms with Crippen molar-refractivity contribution in [1.82, 2.24) is 0 Å². The molecule has 128 valence electrons. The maximum Gasteiger partial charge on any atom is 0.468 e. The van der Waals surface area contributed by atoms with E-state index in [1.165, 1.54) is 24.3 Å². The molecule has 0 unspecified atom stereocenters. The molecule has 0 aliphatic heterocycles. The number of alkyl halides is 3. The van der Waals surface area contributed by atoms with Crippen LogP contribution in [0.2, 0.25) is 0 Å². The molecule has 0 bridgehead atoms. The van der Waals surface area contributed by atoms with Gasteiger partial charge in [-0.15, -0.1) is 0 Å². The van der Waals surface area contributed by atoms with Crippen LogP contribution in [-0.2, 0) is 9.53 Å². The Morgan fingerprint density at radius 1 is 1.17 bits per heavy atom. The number of benzene rings is 1. The Kier molecular flexibility index (Phi) is 6.67. The first-order valence-corrected chi connectivity index (χ1v) is 6.54. The summed E-state index contributed by atoms with van der Waals surface area (Å²) in [7, 11) is 0. The van der Waals surface area contributed by atoms with E-state index in [1.54, 1.807) is 6.07 Å². The number of halogens is 3. The lowest BCUT2D eigenvalue weighted by Crippen LogP contribution is -2.46. The van der Waals surface area contributed by atoms with Crippen molar-refractivity contribution in [3.05, 3.63) is 30.3 Å². The summed E-state index contributed by atoms with van der Waals surface area (Å²) in [4.78, 5) is 13.7. The molecule has 0 spiro atoms. The Morgan fingerprint density at radius 3 is 2.22 bits per heavy atom. The van der Waals surface area contributed by atoms with E-state index >= 15 is 0 Å². The quantitative estimate of drug-likeness (QED) is 0.409. The van der Waals surface area contributed by atoms with E-state index in [0.717, 1.165) is 6.92 Å². The molecule has 1 rings (SSSR count). The zero-order valence-electron chi connectivity index (χ0n) is 12.0. The van der Waals surface area contributed by atoms with Gasteiger partial charge in [0.15, 0.2) is 6.29 Å². The molecule has 1 aromatic carbocycles. The number of carbonyl (C=O) groups excluding carboxylic acids is 1. The largest absolute Gasteiger partial charge is 0.468 e. The zero-order chi connectivity index (χ0) is 17.6. The number of hydrogen-bond donors (Lipinski definition) is 3. The highest BCUT2D eigenvalue weighted by molar-refractivity contribution is 5.84. The van der Waals surface area contributed by atoms with Gasteiger partial charge in [0.05, 0.1) is 5.69 Å². The van der Waals surface area contributed by atoms with Crippen LogP contribution in [0.3, 0.4) is 0 Å². The van der Waals surface area contributed by atoms with Crippen molar-refractivity contribution in [1.29, 1.82) is 0 Å². The number of aliphatic hydroxyl groups excluding tert-OH is 3. The molecule has 0 aromatic heterocycles. The Balaban J connectivity index is 2.94. The minimum atomic E-state index is -4.93. The van der Waals surface area contributed by atoms with Gasteiger partial charge in [-0.1, -0.05) is 18.2 Å². The second kappa shape index (κ2) is 8.04.